The van der Waals surface area contributed by atoms with Gasteiger partial charge in [-0.2, -0.15) is 0 Å². The topological polar surface area (TPSA) is 113 Å². The van der Waals surface area contributed by atoms with E-state index < -0.39 is 28.2 Å². The summed E-state index contributed by atoms with van der Waals surface area (Å²) in [5.74, 6) is -1.09. The number of nitro benzene ring substituents is 1. The number of amides is 4. The van der Waals surface area contributed by atoms with E-state index in [1.165, 1.54) is 12.1 Å². The maximum Gasteiger partial charge on any atom is 0.331 e. The number of anilines is 1. The summed E-state index contributed by atoms with van der Waals surface area (Å²) in [6, 6.07) is 3.20. The lowest BCUT2D eigenvalue weighted by Gasteiger charge is -2.54. The van der Waals surface area contributed by atoms with Crippen LogP contribution in [0.2, 0.25) is 0 Å². The molecular formula is C20H24N4O5. The number of benzene rings is 1. The number of carbonyl (C=O) groups excluding carboxylic acids is 3. The Morgan fingerprint density at radius 3 is 2.76 bits per heavy atom. The Balaban J connectivity index is 1.88. The number of piperidine rings is 1. The molecule has 1 N–H and O–H groups in total. The lowest BCUT2D eigenvalue weighted by atomic mass is 9.66. The van der Waals surface area contributed by atoms with Crippen molar-refractivity contribution in [2.75, 3.05) is 11.4 Å². The first kappa shape index (κ1) is 19.4. The maximum atomic E-state index is 13.7. The average Bonchev–Trinajstić information content (AvgIpc) is 2.71. The summed E-state index contributed by atoms with van der Waals surface area (Å²) in [6.07, 6.45) is 3.06. The summed E-state index contributed by atoms with van der Waals surface area (Å²) in [5, 5.41) is 13.7. The van der Waals surface area contributed by atoms with Gasteiger partial charge in [-0.3, -0.25) is 29.9 Å². The van der Waals surface area contributed by atoms with Gasteiger partial charge >= 0.3 is 6.03 Å². The number of urea groups is 1. The van der Waals surface area contributed by atoms with Crippen molar-refractivity contribution >= 4 is 29.2 Å². The van der Waals surface area contributed by atoms with Gasteiger partial charge in [-0.05, 0) is 44.2 Å². The van der Waals surface area contributed by atoms with Crippen LogP contribution >= 0.6 is 0 Å². The van der Waals surface area contributed by atoms with Gasteiger partial charge < -0.3 is 4.90 Å². The highest BCUT2D eigenvalue weighted by Crippen LogP contribution is 2.48. The molecule has 2 saturated heterocycles. The van der Waals surface area contributed by atoms with E-state index in [4.69, 9.17) is 0 Å². The number of non-ortho nitro benzene ring substituents is 1. The minimum absolute atomic E-state index is 0.0516. The fourth-order valence-corrected chi connectivity index (χ4v) is 4.96. The molecule has 3 atom stereocenters. The molecule has 3 aliphatic heterocycles. The van der Waals surface area contributed by atoms with Gasteiger partial charge in [0.05, 0.1) is 11.0 Å². The van der Waals surface area contributed by atoms with Crippen LogP contribution in [-0.2, 0) is 16.0 Å². The molecular weight excluding hydrogens is 376 g/mol. The van der Waals surface area contributed by atoms with E-state index in [-0.39, 0.29) is 24.2 Å². The van der Waals surface area contributed by atoms with Crippen LogP contribution in [0.25, 0.3) is 0 Å². The zero-order chi connectivity index (χ0) is 20.9. The molecule has 0 saturated carbocycles. The van der Waals surface area contributed by atoms with E-state index in [2.05, 4.69) is 5.32 Å². The predicted octanol–water partition coefficient (Wildman–Crippen LogP) is 2.37. The highest BCUT2D eigenvalue weighted by atomic mass is 16.6. The van der Waals surface area contributed by atoms with E-state index >= 15 is 0 Å². The molecule has 154 valence electrons. The largest absolute Gasteiger partial charge is 0.367 e. The minimum atomic E-state index is -1.46. The van der Waals surface area contributed by atoms with Crippen molar-refractivity contribution in [3.05, 3.63) is 33.9 Å². The lowest BCUT2D eigenvalue weighted by Crippen LogP contribution is -2.73. The third-order valence-corrected chi connectivity index (χ3v) is 6.60. The SMILES string of the molecule is CC[C@H](C)N1C(=O)NC(=O)[C@@]2(Cc3cc([N+](=O)[O-])ccc3N3CCCC[C@@H]32)C1=O. The van der Waals surface area contributed by atoms with Gasteiger partial charge in [-0.15, -0.1) is 0 Å². The van der Waals surface area contributed by atoms with Crippen molar-refractivity contribution in [2.24, 2.45) is 5.41 Å². The monoisotopic (exact) mass is 400 g/mol. The second-order valence-electron chi connectivity index (χ2n) is 8.11. The minimum Gasteiger partial charge on any atom is -0.367 e. The van der Waals surface area contributed by atoms with Crippen LogP contribution in [0.5, 0.6) is 0 Å². The zero-order valence-electron chi connectivity index (χ0n) is 16.5. The molecule has 9 heteroatoms. The van der Waals surface area contributed by atoms with Crippen molar-refractivity contribution in [3.8, 4) is 0 Å². The standard InChI is InChI=1S/C20H24N4O5/c1-3-12(2)23-18(26)20(17(25)21-19(23)27)11-13-10-14(24(28)29)7-8-15(13)22-9-5-4-6-16(20)22/h7-8,10,12,16H,3-6,9,11H2,1-2H3,(H,21,25,27)/t12-,16+,20-/m0/s1. The number of rotatable bonds is 3. The Labute approximate surface area is 168 Å². The molecule has 1 spiro atoms. The van der Waals surface area contributed by atoms with Crippen LogP contribution < -0.4 is 10.2 Å². The van der Waals surface area contributed by atoms with Crippen molar-refractivity contribution in [1.29, 1.82) is 0 Å². The lowest BCUT2D eigenvalue weighted by molar-refractivity contribution is -0.384. The number of nitro groups is 1. The highest BCUT2D eigenvalue weighted by Gasteiger charge is 2.62. The van der Waals surface area contributed by atoms with Gasteiger partial charge in [0.25, 0.3) is 5.69 Å². The van der Waals surface area contributed by atoms with Crippen LogP contribution in [-0.4, -0.2) is 46.3 Å². The van der Waals surface area contributed by atoms with Gasteiger partial charge in [0, 0.05) is 36.8 Å². The molecule has 4 rings (SSSR count). The molecule has 29 heavy (non-hydrogen) atoms. The molecule has 1 aromatic rings. The Bertz CT molecular complexity index is 916. The second-order valence-corrected chi connectivity index (χ2v) is 8.11. The molecule has 0 bridgehead atoms. The number of fused-ring (bicyclic) bond motifs is 4. The Morgan fingerprint density at radius 2 is 2.07 bits per heavy atom. The Kier molecular flexibility index (Phi) is 4.55. The smallest absolute Gasteiger partial charge is 0.331 e. The molecule has 0 radical (unpaired) electrons. The van der Waals surface area contributed by atoms with Gasteiger partial charge in [0.1, 0.15) is 0 Å². The first-order valence-corrected chi connectivity index (χ1v) is 10.0. The Morgan fingerprint density at radius 1 is 1.31 bits per heavy atom. The van der Waals surface area contributed by atoms with Crippen LogP contribution in [0.3, 0.4) is 0 Å². The van der Waals surface area contributed by atoms with E-state index in [0.717, 1.165) is 23.4 Å². The van der Waals surface area contributed by atoms with Gasteiger partial charge in [-0.1, -0.05) is 6.92 Å². The quantitative estimate of drug-likeness (QED) is 0.473. The number of nitrogens with one attached hydrogen (secondary N) is 1. The normalized spacial score (nSPS) is 27.4. The number of carbonyl (C=O) groups is 3. The van der Waals surface area contributed by atoms with Crippen LogP contribution in [0.1, 0.15) is 45.1 Å². The number of barbiturate groups is 1. The van der Waals surface area contributed by atoms with Crippen molar-refractivity contribution in [1.82, 2.24) is 10.2 Å². The van der Waals surface area contributed by atoms with E-state index in [1.54, 1.807) is 13.0 Å². The summed E-state index contributed by atoms with van der Waals surface area (Å²) < 4.78 is 0. The molecule has 0 aromatic heterocycles. The van der Waals surface area contributed by atoms with E-state index in [0.29, 0.717) is 24.9 Å². The first-order valence-electron chi connectivity index (χ1n) is 10.0. The molecule has 3 heterocycles. The highest BCUT2D eigenvalue weighted by molar-refractivity contribution is 6.20. The summed E-state index contributed by atoms with van der Waals surface area (Å²) in [5.41, 5.74) is -0.106. The zero-order valence-corrected chi connectivity index (χ0v) is 16.5. The third kappa shape index (κ3) is 2.71. The average molecular weight is 400 g/mol. The summed E-state index contributed by atoms with van der Waals surface area (Å²) in [6.45, 7) is 4.32. The number of hydrogen-bond acceptors (Lipinski definition) is 6. The van der Waals surface area contributed by atoms with Crippen LogP contribution in [0.4, 0.5) is 16.2 Å². The second kappa shape index (κ2) is 6.82. The molecule has 0 aliphatic carbocycles. The van der Waals surface area contributed by atoms with Gasteiger partial charge in [0.2, 0.25) is 11.8 Å². The molecule has 4 amide bonds. The van der Waals surface area contributed by atoms with E-state index in [9.17, 15) is 24.5 Å². The van der Waals surface area contributed by atoms with Crippen molar-refractivity contribution in [3.63, 3.8) is 0 Å². The fraction of sp³-hybridized carbons (Fsp3) is 0.550. The summed E-state index contributed by atoms with van der Waals surface area (Å²) in [4.78, 5) is 53.3. The first-order chi connectivity index (χ1) is 13.8. The predicted molar refractivity (Wildman–Crippen MR) is 104 cm³/mol. The van der Waals surface area contributed by atoms with Crippen molar-refractivity contribution < 1.29 is 19.3 Å². The molecule has 2 fully saturated rings. The number of nitrogens with zero attached hydrogens (tertiary/aromatic N) is 3. The number of imide groups is 2. The Hall–Kier alpha value is -2.97. The van der Waals surface area contributed by atoms with Crippen molar-refractivity contribution in [2.45, 2.75) is 58.0 Å². The fourth-order valence-electron chi connectivity index (χ4n) is 4.96. The number of hydrogen-bond donors (Lipinski definition) is 1. The molecule has 0 unspecified atom stereocenters. The van der Waals surface area contributed by atoms with Gasteiger partial charge in [0.15, 0.2) is 5.41 Å². The molecule has 9 nitrogen and oxygen atoms in total. The molecule has 1 aromatic carbocycles. The third-order valence-electron chi connectivity index (χ3n) is 6.60. The van der Waals surface area contributed by atoms with Crippen LogP contribution in [0, 0.1) is 15.5 Å². The summed E-state index contributed by atoms with van der Waals surface area (Å²) >= 11 is 0. The maximum absolute atomic E-state index is 13.7. The van der Waals surface area contributed by atoms with Crippen LogP contribution in [0.15, 0.2) is 18.2 Å². The summed E-state index contributed by atoms with van der Waals surface area (Å²) in [7, 11) is 0. The molecule has 3 aliphatic rings. The van der Waals surface area contributed by atoms with E-state index in [1.807, 2.05) is 11.8 Å². The van der Waals surface area contributed by atoms with Gasteiger partial charge in [-0.25, -0.2) is 4.79 Å².